The topological polar surface area (TPSA) is 30.3 Å². The van der Waals surface area contributed by atoms with Gasteiger partial charge in [-0.3, -0.25) is 9.58 Å². The summed E-state index contributed by atoms with van der Waals surface area (Å²) in [6.07, 6.45) is 5.32. The normalized spacial score (nSPS) is 17.8. The zero-order valence-electron chi connectivity index (χ0n) is 10.9. The maximum atomic E-state index is 5.33. The number of aryl methyl sites for hydroxylation is 1. The van der Waals surface area contributed by atoms with Crippen LogP contribution in [0.15, 0.2) is 12.4 Å². The van der Waals surface area contributed by atoms with E-state index in [1.807, 2.05) is 6.20 Å². The number of nitrogens with zero attached hydrogens (tertiary/aromatic N) is 3. The van der Waals surface area contributed by atoms with E-state index in [1.165, 1.54) is 12.0 Å². The summed E-state index contributed by atoms with van der Waals surface area (Å²) in [7, 11) is 0. The third kappa shape index (κ3) is 3.82. The first-order valence-corrected chi connectivity index (χ1v) is 6.58. The molecule has 0 bridgehead atoms. The molecular formula is C13H23N3O. The van der Waals surface area contributed by atoms with Crippen molar-refractivity contribution >= 4 is 0 Å². The maximum absolute atomic E-state index is 5.33. The lowest BCUT2D eigenvalue weighted by Crippen LogP contribution is -2.37. The number of morpholine rings is 1. The minimum atomic E-state index is 0.572. The Balaban J connectivity index is 1.70. The van der Waals surface area contributed by atoms with E-state index in [4.69, 9.17) is 4.74 Å². The van der Waals surface area contributed by atoms with E-state index in [0.717, 1.165) is 39.4 Å². The molecule has 1 saturated heterocycles. The monoisotopic (exact) mass is 237 g/mol. The average Bonchev–Trinajstić information content (AvgIpc) is 2.79. The highest BCUT2D eigenvalue weighted by molar-refractivity contribution is 5.08. The lowest BCUT2D eigenvalue weighted by atomic mass is 10.1. The lowest BCUT2D eigenvalue weighted by Gasteiger charge is -2.26. The van der Waals surface area contributed by atoms with Gasteiger partial charge >= 0.3 is 0 Å². The summed E-state index contributed by atoms with van der Waals surface area (Å²) in [5, 5.41) is 4.39. The molecule has 0 aliphatic carbocycles. The highest BCUT2D eigenvalue weighted by Crippen LogP contribution is 2.12. The van der Waals surface area contributed by atoms with Crippen LogP contribution in [0.2, 0.25) is 0 Å². The smallest absolute Gasteiger partial charge is 0.0594 e. The molecule has 0 atom stereocenters. The third-order valence-electron chi connectivity index (χ3n) is 3.29. The van der Waals surface area contributed by atoms with Gasteiger partial charge in [0, 0.05) is 32.4 Å². The predicted octanol–water partition coefficient (Wildman–Crippen LogP) is 1.73. The van der Waals surface area contributed by atoms with Crippen molar-refractivity contribution in [2.24, 2.45) is 0 Å². The summed E-state index contributed by atoms with van der Waals surface area (Å²) in [4.78, 5) is 2.47. The second-order valence-corrected chi connectivity index (χ2v) is 5.00. The van der Waals surface area contributed by atoms with Crippen LogP contribution in [0.1, 0.15) is 31.7 Å². The van der Waals surface area contributed by atoms with Crippen LogP contribution in [-0.4, -0.2) is 47.5 Å². The quantitative estimate of drug-likeness (QED) is 0.781. The molecule has 0 N–H and O–H groups in total. The first-order chi connectivity index (χ1) is 8.25. The summed E-state index contributed by atoms with van der Waals surface area (Å²) in [5.41, 5.74) is 1.33. The Morgan fingerprint density at radius 1 is 1.29 bits per heavy atom. The van der Waals surface area contributed by atoms with Crippen molar-refractivity contribution in [3.05, 3.63) is 18.0 Å². The molecule has 1 fully saturated rings. The highest BCUT2D eigenvalue weighted by Gasteiger charge is 2.09. The second-order valence-electron chi connectivity index (χ2n) is 5.00. The van der Waals surface area contributed by atoms with E-state index in [2.05, 4.69) is 34.7 Å². The van der Waals surface area contributed by atoms with Gasteiger partial charge in [-0.15, -0.1) is 0 Å². The SMILES string of the molecule is CC(C)c1cnn(CCCN2CCOCC2)c1. The van der Waals surface area contributed by atoms with Crippen molar-refractivity contribution in [3.63, 3.8) is 0 Å². The van der Waals surface area contributed by atoms with Gasteiger partial charge in [0.05, 0.1) is 19.4 Å². The molecule has 1 aliphatic heterocycles. The highest BCUT2D eigenvalue weighted by atomic mass is 16.5. The number of ether oxygens (including phenoxy) is 1. The first kappa shape index (κ1) is 12.6. The molecule has 1 aliphatic rings. The third-order valence-corrected chi connectivity index (χ3v) is 3.29. The van der Waals surface area contributed by atoms with E-state index < -0.39 is 0 Å². The average molecular weight is 237 g/mol. The number of rotatable bonds is 5. The fourth-order valence-corrected chi connectivity index (χ4v) is 2.08. The number of hydrogen-bond acceptors (Lipinski definition) is 3. The standard InChI is InChI=1S/C13H23N3O/c1-12(2)13-10-14-16(11-13)5-3-4-15-6-8-17-9-7-15/h10-12H,3-9H2,1-2H3. The van der Waals surface area contributed by atoms with Gasteiger partial charge in [0.15, 0.2) is 0 Å². The Labute approximate surface area is 104 Å². The van der Waals surface area contributed by atoms with Gasteiger partial charge in [0.1, 0.15) is 0 Å². The molecular weight excluding hydrogens is 214 g/mol. The lowest BCUT2D eigenvalue weighted by molar-refractivity contribution is 0.0368. The van der Waals surface area contributed by atoms with Crippen LogP contribution in [0, 0.1) is 0 Å². The van der Waals surface area contributed by atoms with Crippen molar-refractivity contribution in [1.29, 1.82) is 0 Å². The van der Waals surface area contributed by atoms with Crippen LogP contribution in [0.4, 0.5) is 0 Å². The van der Waals surface area contributed by atoms with Crippen LogP contribution >= 0.6 is 0 Å². The Kier molecular flexibility index (Phi) is 4.57. The van der Waals surface area contributed by atoms with Crippen LogP contribution < -0.4 is 0 Å². The minimum Gasteiger partial charge on any atom is -0.379 e. The molecule has 0 amide bonds. The largest absolute Gasteiger partial charge is 0.379 e. The van der Waals surface area contributed by atoms with E-state index in [0.29, 0.717) is 5.92 Å². The minimum absolute atomic E-state index is 0.572. The van der Waals surface area contributed by atoms with Crippen molar-refractivity contribution in [2.75, 3.05) is 32.8 Å². The van der Waals surface area contributed by atoms with Gasteiger partial charge in [0.25, 0.3) is 0 Å². The fraction of sp³-hybridized carbons (Fsp3) is 0.769. The van der Waals surface area contributed by atoms with Crippen LogP contribution in [-0.2, 0) is 11.3 Å². The number of aromatic nitrogens is 2. The van der Waals surface area contributed by atoms with Gasteiger partial charge in [0.2, 0.25) is 0 Å². The van der Waals surface area contributed by atoms with Gasteiger partial charge in [-0.25, -0.2) is 0 Å². The fourth-order valence-electron chi connectivity index (χ4n) is 2.08. The van der Waals surface area contributed by atoms with Gasteiger partial charge in [-0.05, 0) is 17.9 Å². The van der Waals surface area contributed by atoms with Crippen LogP contribution in [0.3, 0.4) is 0 Å². The maximum Gasteiger partial charge on any atom is 0.0594 e. The first-order valence-electron chi connectivity index (χ1n) is 6.58. The molecule has 0 radical (unpaired) electrons. The van der Waals surface area contributed by atoms with E-state index in [-0.39, 0.29) is 0 Å². The molecule has 1 aromatic rings. The molecule has 1 aromatic heterocycles. The van der Waals surface area contributed by atoms with Gasteiger partial charge < -0.3 is 4.74 Å². The molecule has 0 unspecified atom stereocenters. The van der Waals surface area contributed by atoms with E-state index >= 15 is 0 Å². The van der Waals surface area contributed by atoms with Crippen molar-refractivity contribution in [3.8, 4) is 0 Å². The Morgan fingerprint density at radius 3 is 2.71 bits per heavy atom. The Bertz CT molecular complexity index is 329. The van der Waals surface area contributed by atoms with Crippen molar-refractivity contribution in [1.82, 2.24) is 14.7 Å². The molecule has 2 heterocycles. The summed E-state index contributed by atoms with van der Waals surface area (Å²) in [5.74, 6) is 0.572. The molecule has 0 aromatic carbocycles. The summed E-state index contributed by atoms with van der Waals surface area (Å²) in [6, 6.07) is 0. The summed E-state index contributed by atoms with van der Waals surface area (Å²) < 4.78 is 7.40. The molecule has 4 heteroatoms. The van der Waals surface area contributed by atoms with Gasteiger partial charge in [-0.2, -0.15) is 5.10 Å². The van der Waals surface area contributed by atoms with Crippen LogP contribution in [0.25, 0.3) is 0 Å². The second kappa shape index (κ2) is 6.17. The molecule has 17 heavy (non-hydrogen) atoms. The van der Waals surface area contributed by atoms with Crippen LogP contribution in [0.5, 0.6) is 0 Å². The zero-order chi connectivity index (χ0) is 12.1. The van der Waals surface area contributed by atoms with E-state index in [1.54, 1.807) is 0 Å². The molecule has 0 saturated carbocycles. The molecule has 2 rings (SSSR count). The summed E-state index contributed by atoms with van der Waals surface area (Å²) >= 11 is 0. The van der Waals surface area contributed by atoms with Crippen molar-refractivity contribution < 1.29 is 4.74 Å². The van der Waals surface area contributed by atoms with Crippen molar-refractivity contribution in [2.45, 2.75) is 32.7 Å². The Hall–Kier alpha value is -0.870. The zero-order valence-corrected chi connectivity index (χ0v) is 10.9. The molecule has 96 valence electrons. The van der Waals surface area contributed by atoms with E-state index in [9.17, 15) is 0 Å². The summed E-state index contributed by atoms with van der Waals surface area (Å²) in [6.45, 7) is 10.5. The van der Waals surface area contributed by atoms with Gasteiger partial charge in [-0.1, -0.05) is 13.8 Å². The predicted molar refractivity (Wildman–Crippen MR) is 68.2 cm³/mol. The Morgan fingerprint density at radius 2 is 2.06 bits per heavy atom. The molecule has 4 nitrogen and oxygen atoms in total. The molecule has 0 spiro atoms. The number of hydrogen-bond donors (Lipinski definition) is 0.